The molecule has 0 aliphatic carbocycles. The number of ether oxygens (including phenoxy) is 2. The summed E-state index contributed by atoms with van der Waals surface area (Å²) < 4.78 is 11.4. The van der Waals surface area contributed by atoms with Gasteiger partial charge in [-0.05, 0) is 37.7 Å². The minimum absolute atomic E-state index is 0.000789. The van der Waals surface area contributed by atoms with Gasteiger partial charge in [0, 0.05) is 50.9 Å². The molecule has 2 aliphatic heterocycles. The normalized spacial score (nSPS) is 22.0. The van der Waals surface area contributed by atoms with E-state index in [9.17, 15) is 0 Å². The van der Waals surface area contributed by atoms with Crippen molar-refractivity contribution in [1.82, 2.24) is 10.2 Å². The lowest BCUT2D eigenvalue weighted by Crippen LogP contribution is -2.49. The summed E-state index contributed by atoms with van der Waals surface area (Å²) in [6.45, 7) is 11.3. The van der Waals surface area contributed by atoms with Gasteiger partial charge >= 0.3 is 0 Å². The van der Waals surface area contributed by atoms with E-state index in [1.807, 2.05) is 7.05 Å². The third-order valence-corrected chi connectivity index (χ3v) is 6.15. The van der Waals surface area contributed by atoms with Crippen molar-refractivity contribution in [3.8, 4) is 5.75 Å². The number of methoxy groups -OCH3 is 1. The van der Waals surface area contributed by atoms with E-state index in [1.54, 1.807) is 7.11 Å². The Bertz CT molecular complexity index is 678. The number of aryl methyl sites for hydroxylation is 1. The van der Waals surface area contributed by atoms with Crippen LogP contribution in [0.2, 0.25) is 0 Å². The summed E-state index contributed by atoms with van der Waals surface area (Å²) in [6, 6.07) is 6.50. The van der Waals surface area contributed by atoms with Gasteiger partial charge in [-0.1, -0.05) is 31.5 Å². The van der Waals surface area contributed by atoms with Gasteiger partial charge in [0.25, 0.3) is 0 Å². The standard InChI is InChI=1S/C22H35N3O2/c1-17-6-7-19(26-5)18(14-17)22(9-12-27-13-10-22)15-24-20(23-4)25-11-8-21(2,3)16-25/h6-7,14H,8-13,15-16H2,1-5H3,(H,23,24). The first-order valence-electron chi connectivity index (χ1n) is 10.1. The molecule has 0 spiro atoms. The van der Waals surface area contributed by atoms with Crippen LogP contribution in [0.3, 0.4) is 0 Å². The lowest BCUT2D eigenvalue weighted by molar-refractivity contribution is 0.0503. The summed E-state index contributed by atoms with van der Waals surface area (Å²) in [5, 5.41) is 3.69. The molecule has 0 radical (unpaired) electrons. The molecule has 0 saturated carbocycles. The molecule has 0 bridgehead atoms. The maximum atomic E-state index is 5.73. The molecule has 0 atom stereocenters. The van der Waals surface area contributed by atoms with Crippen molar-refractivity contribution < 1.29 is 9.47 Å². The van der Waals surface area contributed by atoms with E-state index in [2.05, 4.69) is 54.2 Å². The number of guanidine groups is 1. The van der Waals surface area contributed by atoms with E-state index in [0.717, 1.165) is 57.4 Å². The molecule has 1 aromatic rings. The van der Waals surface area contributed by atoms with E-state index in [0.29, 0.717) is 5.41 Å². The van der Waals surface area contributed by atoms with Crippen molar-refractivity contribution in [2.24, 2.45) is 10.4 Å². The molecule has 2 heterocycles. The predicted molar refractivity (Wildman–Crippen MR) is 111 cm³/mol. The molecule has 0 unspecified atom stereocenters. The number of nitrogens with zero attached hydrogens (tertiary/aromatic N) is 2. The third-order valence-electron chi connectivity index (χ3n) is 6.15. The smallest absolute Gasteiger partial charge is 0.193 e. The molecule has 1 aromatic carbocycles. The minimum atomic E-state index is 0.000789. The van der Waals surface area contributed by atoms with Gasteiger partial charge in [-0.2, -0.15) is 0 Å². The molecular weight excluding hydrogens is 338 g/mol. The summed E-state index contributed by atoms with van der Waals surface area (Å²) >= 11 is 0. The summed E-state index contributed by atoms with van der Waals surface area (Å²) in [6.07, 6.45) is 3.18. The van der Waals surface area contributed by atoms with Crippen LogP contribution in [0.5, 0.6) is 5.75 Å². The molecule has 2 aliphatic rings. The fraction of sp³-hybridized carbons (Fsp3) is 0.682. The zero-order valence-corrected chi connectivity index (χ0v) is 17.6. The minimum Gasteiger partial charge on any atom is -0.496 e. The zero-order valence-electron chi connectivity index (χ0n) is 17.6. The van der Waals surface area contributed by atoms with Gasteiger partial charge < -0.3 is 19.7 Å². The Morgan fingerprint density at radius 3 is 2.59 bits per heavy atom. The van der Waals surface area contributed by atoms with E-state index in [4.69, 9.17) is 9.47 Å². The second-order valence-corrected chi connectivity index (χ2v) is 8.83. The van der Waals surface area contributed by atoms with Gasteiger partial charge in [0.1, 0.15) is 5.75 Å². The first kappa shape index (κ1) is 20.0. The largest absolute Gasteiger partial charge is 0.496 e. The van der Waals surface area contributed by atoms with Crippen molar-refractivity contribution in [1.29, 1.82) is 0 Å². The van der Waals surface area contributed by atoms with Crippen LogP contribution in [-0.2, 0) is 10.2 Å². The summed E-state index contributed by atoms with van der Waals surface area (Å²) in [4.78, 5) is 6.96. The first-order chi connectivity index (χ1) is 12.9. The fourth-order valence-electron chi connectivity index (χ4n) is 4.41. The van der Waals surface area contributed by atoms with Crippen LogP contribution in [0.25, 0.3) is 0 Å². The average molecular weight is 374 g/mol. The molecular formula is C22H35N3O2. The topological polar surface area (TPSA) is 46.1 Å². The number of hydrogen-bond acceptors (Lipinski definition) is 3. The Balaban J connectivity index is 1.83. The molecule has 2 saturated heterocycles. The molecule has 3 rings (SSSR count). The van der Waals surface area contributed by atoms with E-state index in [1.165, 1.54) is 17.5 Å². The third kappa shape index (κ3) is 4.40. The average Bonchev–Trinajstić information content (AvgIpc) is 3.02. The fourth-order valence-corrected chi connectivity index (χ4v) is 4.41. The molecule has 0 aromatic heterocycles. The molecule has 1 N–H and O–H groups in total. The Hall–Kier alpha value is -1.75. The lowest BCUT2D eigenvalue weighted by Gasteiger charge is -2.39. The summed E-state index contributed by atoms with van der Waals surface area (Å²) in [5.41, 5.74) is 2.91. The highest BCUT2D eigenvalue weighted by molar-refractivity contribution is 5.80. The maximum absolute atomic E-state index is 5.73. The molecule has 5 heteroatoms. The van der Waals surface area contributed by atoms with Crippen molar-refractivity contribution in [3.05, 3.63) is 29.3 Å². The highest BCUT2D eigenvalue weighted by Gasteiger charge is 2.38. The molecule has 150 valence electrons. The van der Waals surface area contributed by atoms with Crippen LogP contribution in [0.4, 0.5) is 0 Å². The van der Waals surface area contributed by atoms with Gasteiger partial charge in [-0.3, -0.25) is 4.99 Å². The number of hydrogen-bond donors (Lipinski definition) is 1. The van der Waals surface area contributed by atoms with E-state index in [-0.39, 0.29) is 5.41 Å². The highest BCUT2D eigenvalue weighted by atomic mass is 16.5. The number of nitrogens with one attached hydrogen (secondary N) is 1. The number of likely N-dealkylation sites (tertiary alicyclic amines) is 1. The van der Waals surface area contributed by atoms with Crippen LogP contribution in [0.1, 0.15) is 44.2 Å². The van der Waals surface area contributed by atoms with Crippen LogP contribution < -0.4 is 10.1 Å². The van der Waals surface area contributed by atoms with Crippen LogP contribution in [0.15, 0.2) is 23.2 Å². The Morgan fingerprint density at radius 2 is 2.00 bits per heavy atom. The van der Waals surface area contributed by atoms with Crippen molar-refractivity contribution in [2.75, 3.05) is 47.0 Å². The lowest BCUT2D eigenvalue weighted by atomic mass is 9.73. The molecule has 0 amide bonds. The van der Waals surface area contributed by atoms with Crippen LogP contribution in [0, 0.1) is 12.3 Å². The number of aliphatic imine (C=N–C) groups is 1. The van der Waals surface area contributed by atoms with Crippen LogP contribution >= 0.6 is 0 Å². The zero-order chi connectivity index (χ0) is 19.5. The van der Waals surface area contributed by atoms with Gasteiger partial charge in [0.15, 0.2) is 5.96 Å². The Kier molecular flexibility index (Phi) is 5.99. The van der Waals surface area contributed by atoms with Crippen LogP contribution in [-0.4, -0.2) is 57.9 Å². The quantitative estimate of drug-likeness (QED) is 0.649. The number of benzene rings is 1. The Labute approximate surface area is 164 Å². The highest BCUT2D eigenvalue weighted by Crippen LogP contribution is 2.40. The molecule has 5 nitrogen and oxygen atoms in total. The SMILES string of the molecule is CN=C(NCC1(c2cc(C)ccc2OC)CCOCC1)N1CCC(C)(C)C1. The predicted octanol–water partition coefficient (Wildman–Crippen LogP) is 3.36. The van der Waals surface area contributed by atoms with Gasteiger partial charge in [-0.15, -0.1) is 0 Å². The molecule has 2 fully saturated rings. The first-order valence-corrected chi connectivity index (χ1v) is 10.1. The van der Waals surface area contributed by atoms with E-state index < -0.39 is 0 Å². The van der Waals surface area contributed by atoms with Crippen molar-refractivity contribution >= 4 is 5.96 Å². The van der Waals surface area contributed by atoms with Gasteiger partial charge in [-0.25, -0.2) is 0 Å². The second kappa shape index (κ2) is 8.09. The summed E-state index contributed by atoms with van der Waals surface area (Å²) in [5.74, 6) is 1.99. The maximum Gasteiger partial charge on any atom is 0.193 e. The molecule has 27 heavy (non-hydrogen) atoms. The van der Waals surface area contributed by atoms with Crippen molar-refractivity contribution in [2.45, 2.75) is 45.4 Å². The van der Waals surface area contributed by atoms with Gasteiger partial charge in [0.2, 0.25) is 0 Å². The number of rotatable bonds is 4. The van der Waals surface area contributed by atoms with Crippen molar-refractivity contribution in [3.63, 3.8) is 0 Å². The monoisotopic (exact) mass is 373 g/mol. The second-order valence-electron chi connectivity index (χ2n) is 8.83. The Morgan fingerprint density at radius 1 is 1.26 bits per heavy atom. The van der Waals surface area contributed by atoms with E-state index >= 15 is 0 Å². The van der Waals surface area contributed by atoms with Gasteiger partial charge in [0.05, 0.1) is 7.11 Å². The summed E-state index contributed by atoms with van der Waals surface area (Å²) in [7, 11) is 3.65.